The van der Waals surface area contributed by atoms with Crippen LogP contribution in [-0.4, -0.2) is 96.7 Å². The topological polar surface area (TPSA) is 237 Å². The number of esters is 4. The minimum absolute atomic E-state index is 0.108. The van der Waals surface area contributed by atoms with Crippen LogP contribution in [0.1, 0.15) is 407 Å². The summed E-state index contributed by atoms with van der Waals surface area (Å²) in [7, 11) is -9.91. The van der Waals surface area contributed by atoms with Crippen LogP contribution in [0.5, 0.6) is 0 Å². The number of rotatable bonds is 77. The van der Waals surface area contributed by atoms with Gasteiger partial charge in [0.05, 0.1) is 26.4 Å². The Morgan fingerprint density at radius 1 is 0.253 bits per heavy atom. The van der Waals surface area contributed by atoms with E-state index in [0.717, 1.165) is 89.9 Å². The van der Waals surface area contributed by atoms with Gasteiger partial charge >= 0.3 is 39.5 Å². The molecule has 0 aliphatic heterocycles. The van der Waals surface area contributed by atoms with Crippen LogP contribution < -0.4 is 0 Å². The maximum absolute atomic E-state index is 13.1. The number of carbonyl (C=O) groups is 4. The predicted octanol–water partition coefficient (Wildman–Crippen LogP) is 22.6. The van der Waals surface area contributed by atoms with Crippen molar-refractivity contribution < 1.29 is 80.2 Å². The van der Waals surface area contributed by atoms with E-state index in [2.05, 4.69) is 27.7 Å². The molecule has 0 fully saturated rings. The Bertz CT molecular complexity index is 1810. The second-order valence-electron chi connectivity index (χ2n) is 27.4. The van der Waals surface area contributed by atoms with Gasteiger partial charge in [-0.25, -0.2) is 9.13 Å². The molecule has 0 spiro atoms. The average molecular weight is 1400 g/mol. The molecule has 17 nitrogen and oxygen atoms in total. The number of phosphoric ester groups is 2. The summed E-state index contributed by atoms with van der Waals surface area (Å²) in [5, 5.41) is 10.6. The SMILES string of the molecule is CCCCCCCCCCCCCCCCCCCC(=O)O[C@H](COC(=O)CCCCCCCCCCCCCCCCC)COP(=O)(O)OC[C@@H](O)COP(=O)(O)OC[C@@H](COC(=O)CCCCCCCCCCCC)OC(=O)CCCCCCCCCCCCCCC. The number of aliphatic hydroxyl groups is 1. The number of phosphoric acid groups is 2. The van der Waals surface area contributed by atoms with Crippen molar-refractivity contribution in [2.24, 2.45) is 0 Å². The smallest absolute Gasteiger partial charge is 0.462 e. The molecule has 0 aromatic rings. The monoisotopic (exact) mass is 1400 g/mol. The van der Waals surface area contributed by atoms with Crippen LogP contribution in [0.2, 0.25) is 0 Å². The molecule has 564 valence electrons. The van der Waals surface area contributed by atoms with E-state index in [1.54, 1.807) is 0 Å². The molecular weight excluding hydrogens is 1250 g/mol. The van der Waals surface area contributed by atoms with Crippen molar-refractivity contribution in [2.75, 3.05) is 39.6 Å². The van der Waals surface area contributed by atoms with Crippen LogP contribution in [0.15, 0.2) is 0 Å². The van der Waals surface area contributed by atoms with Crippen molar-refractivity contribution in [1.82, 2.24) is 0 Å². The summed E-state index contributed by atoms with van der Waals surface area (Å²) in [5.74, 6) is -2.11. The van der Waals surface area contributed by atoms with Gasteiger partial charge in [0.25, 0.3) is 0 Å². The summed E-state index contributed by atoms with van der Waals surface area (Å²) in [6, 6.07) is 0. The van der Waals surface area contributed by atoms with E-state index in [9.17, 15) is 43.2 Å². The number of hydrogen-bond acceptors (Lipinski definition) is 15. The highest BCUT2D eigenvalue weighted by Gasteiger charge is 2.30. The molecule has 0 aliphatic carbocycles. The quantitative estimate of drug-likeness (QED) is 0.0222. The molecule has 0 rings (SSSR count). The third kappa shape index (κ3) is 70.3. The lowest BCUT2D eigenvalue weighted by Gasteiger charge is -2.21. The molecule has 0 bridgehead atoms. The van der Waals surface area contributed by atoms with Gasteiger partial charge < -0.3 is 33.8 Å². The Balaban J connectivity index is 5.24. The van der Waals surface area contributed by atoms with Crippen LogP contribution in [0, 0.1) is 0 Å². The molecule has 0 aromatic carbocycles. The molecule has 0 aliphatic rings. The van der Waals surface area contributed by atoms with Crippen molar-refractivity contribution in [2.45, 2.75) is 425 Å². The number of hydrogen-bond donors (Lipinski definition) is 3. The van der Waals surface area contributed by atoms with Crippen molar-refractivity contribution in [1.29, 1.82) is 0 Å². The average Bonchev–Trinajstić information content (AvgIpc) is 1.60. The van der Waals surface area contributed by atoms with Gasteiger partial charge in [-0.15, -0.1) is 0 Å². The minimum atomic E-state index is -4.96. The van der Waals surface area contributed by atoms with Gasteiger partial charge in [-0.2, -0.15) is 0 Å². The molecule has 3 N–H and O–H groups in total. The van der Waals surface area contributed by atoms with E-state index < -0.39 is 97.5 Å². The highest BCUT2D eigenvalue weighted by Crippen LogP contribution is 2.45. The Kier molecular flexibility index (Phi) is 69.1. The first-order chi connectivity index (χ1) is 46.2. The third-order valence-corrected chi connectivity index (χ3v) is 19.8. The molecule has 0 saturated carbocycles. The molecule has 19 heteroatoms. The fraction of sp³-hybridized carbons (Fsp3) is 0.947. The first-order valence-electron chi connectivity index (χ1n) is 39.8. The van der Waals surface area contributed by atoms with E-state index in [-0.39, 0.29) is 25.7 Å². The minimum Gasteiger partial charge on any atom is -0.462 e. The van der Waals surface area contributed by atoms with Crippen LogP contribution in [-0.2, 0) is 65.4 Å². The molecule has 0 aromatic heterocycles. The van der Waals surface area contributed by atoms with E-state index >= 15 is 0 Å². The number of aliphatic hydroxyl groups excluding tert-OH is 1. The van der Waals surface area contributed by atoms with Crippen molar-refractivity contribution in [3.63, 3.8) is 0 Å². The first kappa shape index (κ1) is 93.1. The van der Waals surface area contributed by atoms with E-state index in [0.29, 0.717) is 25.7 Å². The molecule has 95 heavy (non-hydrogen) atoms. The van der Waals surface area contributed by atoms with Gasteiger partial charge in [-0.3, -0.25) is 37.3 Å². The number of carbonyl (C=O) groups excluding carboxylic acids is 4. The number of ether oxygens (including phenoxy) is 4. The summed E-state index contributed by atoms with van der Waals surface area (Å²) in [6.07, 6.45) is 60.8. The summed E-state index contributed by atoms with van der Waals surface area (Å²) in [6.45, 7) is 4.99. The van der Waals surface area contributed by atoms with E-state index in [1.165, 1.54) is 238 Å². The lowest BCUT2D eigenvalue weighted by Crippen LogP contribution is -2.30. The third-order valence-electron chi connectivity index (χ3n) is 17.9. The van der Waals surface area contributed by atoms with Crippen LogP contribution in [0.3, 0.4) is 0 Å². The standard InChI is InChI=1S/C76H148O17P2/c1-5-9-13-17-21-25-29-32-34-35-37-40-43-47-51-55-59-63-76(81)93-72(67-87-74(79)61-57-53-49-45-41-39-36-33-30-26-22-18-14-10-6-2)69-91-95(84,85)89-65-70(77)64-88-94(82,83)90-68-71(66-86-73(78)60-56-52-48-44-28-24-20-16-12-8-4)92-75(80)62-58-54-50-46-42-38-31-27-23-19-15-11-7-3/h70-72,77H,5-69H2,1-4H3,(H,82,83)(H,84,85)/t70-,71+,72+/m0/s1. The highest BCUT2D eigenvalue weighted by molar-refractivity contribution is 7.47. The predicted molar refractivity (Wildman–Crippen MR) is 386 cm³/mol. The lowest BCUT2D eigenvalue weighted by molar-refractivity contribution is -0.161. The zero-order valence-corrected chi connectivity index (χ0v) is 63.4. The Morgan fingerprint density at radius 2 is 0.421 bits per heavy atom. The fourth-order valence-electron chi connectivity index (χ4n) is 11.8. The van der Waals surface area contributed by atoms with Crippen LogP contribution in [0.25, 0.3) is 0 Å². The second-order valence-corrected chi connectivity index (χ2v) is 30.3. The molecule has 0 heterocycles. The van der Waals surface area contributed by atoms with Gasteiger partial charge in [-0.1, -0.05) is 355 Å². The zero-order valence-electron chi connectivity index (χ0n) is 61.6. The van der Waals surface area contributed by atoms with Crippen LogP contribution in [0.4, 0.5) is 0 Å². The summed E-state index contributed by atoms with van der Waals surface area (Å²) in [4.78, 5) is 72.8. The van der Waals surface area contributed by atoms with Crippen LogP contribution >= 0.6 is 15.6 Å². The largest absolute Gasteiger partial charge is 0.472 e. The van der Waals surface area contributed by atoms with E-state index in [4.69, 9.17) is 37.0 Å². The maximum atomic E-state index is 13.1. The van der Waals surface area contributed by atoms with Gasteiger partial charge in [-0.05, 0) is 25.7 Å². The Hall–Kier alpha value is -1.94. The van der Waals surface area contributed by atoms with Gasteiger partial charge in [0, 0.05) is 25.7 Å². The lowest BCUT2D eigenvalue weighted by atomic mass is 10.0. The molecular formula is C76H148O17P2. The zero-order chi connectivity index (χ0) is 69.7. The molecule has 0 saturated heterocycles. The van der Waals surface area contributed by atoms with Crippen molar-refractivity contribution in [3.05, 3.63) is 0 Å². The summed E-state index contributed by atoms with van der Waals surface area (Å²) >= 11 is 0. The van der Waals surface area contributed by atoms with Crippen molar-refractivity contribution in [3.8, 4) is 0 Å². The maximum Gasteiger partial charge on any atom is 0.472 e. The molecule has 5 atom stereocenters. The van der Waals surface area contributed by atoms with Gasteiger partial charge in [0.1, 0.15) is 19.3 Å². The summed E-state index contributed by atoms with van der Waals surface area (Å²) < 4.78 is 68.5. The highest BCUT2D eigenvalue weighted by atomic mass is 31.2. The first-order valence-corrected chi connectivity index (χ1v) is 42.8. The fourth-order valence-corrected chi connectivity index (χ4v) is 13.3. The molecule has 2 unspecified atom stereocenters. The normalized spacial score (nSPS) is 13.9. The molecule has 0 radical (unpaired) electrons. The van der Waals surface area contributed by atoms with Gasteiger partial charge in [0.2, 0.25) is 0 Å². The summed E-state index contributed by atoms with van der Waals surface area (Å²) in [5.41, 5.74) is 0. The van der Waals surface area contributed by atoms with E-state index in [1.807, 2.05) is 0 Å². The second kappa shape index (κ2) is 70.5. The Morgan fingerprint density at radius 3 is 0.621 bits per heavy atom. The van der Waals surface area contributed by atoms with Crippen molar-refractivity contribution >= 4 is 39.5 Å². The Labute approximate surface area is 581 Å². The molecule has 0 amide bonds. The number of unbranched alkanes of at least 4 members (excludes halogenated alkanes) is 51. The van der Waals surface area contributed by atoms with Gasteiger partial charge in [0.15, 0.2) is 12.2 Å².